The Hall–Kier alpha value is -4.07. The highest BCUT2D eigenvalue weighted by atomic mass is 32.2. The number of piperidine rings is 1. The predicted molar refractivity (Wildman–Crippen MR) is 163 cm³/mol. The van der Waals surface area contributed by atoms with Crippen LogP contribution in [-0.2, 0) is 18.5 Å². The average Bonchev–Trinajstić information content (AvgIpc) is 3.69. The Labute approximate surface area is 260 Å². The Kier molecular flexibility index (Phi) is 9.05. The number of nitrogens with zero attached hydrogens (tertiary/aromatic N) is 6. The quantitative estimate of drug-likeness (QED) is 0.185. The van der Waals surface area contributed by atoms with Crippen molar-refractivity contribution in [1.29, 1.82) is 0 Å². The molecule has 5 aromatic rings. The number of pyridine rings is 1. The highest BCUT2D eigenvalue weighted by Gasteiger charge is 2.31. The van der Waals surface area contributed by atoms with E-state index in [1.54, 1.807) is 40.5 Å². The van der Waals surface area contributed by atoms with E-state index in [0.29, 0.717) is 33.0 Å². The maximum absolute atomic E-state index is 13.5. The molecule has 4 heterocycles. The minimum atomic E-state index is -4.50. The number of thioether (sulfide) groups is 1. The molecule has 1 aliphatic rings. The third kappa shape index (κ3) is 7.17. The lowest BCUT2D eigenvalue weighted by atomic mass is 10.0. The van der Waals surface area contributed by atoms with Gasteiger partial charge in [-0.1, -0.05) is 48.2 Å². The van der Waals surface area contributed by atoms with Gasteiger partial charge in [0.2, 0.25) is 0 Å². The minimum Gasteiger partial charge on any atom is -0.348 e. The number of alkyl halides is 3. The topological polar surface area (TPSA) is 88.8 Å². The van der Waals surface area contributed by atoms with E-state index < -0.39 is 11.7 Å². The lowest BCUT2D eigenvalue weighted by Crippen LogP contribution is -2.44. The van der Waals surface area contributed by atoms with Crippen LogP contribution in [0.3, 0.4) is 0 Å². The van der Waals surface area contributed by atoms with Crippen LogP contribution in [0.4, 0.5) is 13.2 Å². The Morgan fingerprint density at radius 2 is 1.84 bits per heavy atom. The maximum Gasteiger partial charge on any atom is 0.416 e. The van der Waals surface area contributed by atoms with Crippen LogP contribution in [0.15, 0.2) is 89.7 Å². The molecule has 0 spiro atoms. The lowest BCUT2D eigenvalue weighted by Gasteiger charge is -2.32. The van der Waals surface area contributed by atoms with Crippen molar-refractivity contribution in [3.05, 3.63) is 106 Å². The highest BCUT2D eigenvalue weighted by molar-refractivity contribution is 7.98. The van der Waals surface area contributed by atoms with Gasteiger partial charge in [-0.2, -0.15) is 13.2 Å². The van der Waals surface area contributed by atoms with Crippen molar-refractivity contribution < 1.29 is 18.0 Å². The van der Waals surface area contributed by atoms with Crippen molar-refractivity contribution >= 4 is 29.0 Å². The molecule has 0 unspecified atom stereocenters. The third-order valence-electron chi connectivity index (χ3n) is 7.27. The molecule has 1 amide bonds. The van der Waals surface area contributed by atoms with Gasteiger partial charge in [0.1, 0.15) is 10.7 Å². The van der Waals surface area contributed by atoms with Crippen LogP contribution >= 0.6 is 23.1 Å². The summed E-state index contributed by atoms with van der Waals surface area (Å²) in [6.45, 7) is 2.72. The first-order valence-corrected chi connectivity index (χ1v) is 15.9. The summed E-state index contributed by atoms with van der Waals surface area (Å²) in [4.78, 5) is 24.0. The summed E-state index contributed by atoms with van der Waals surface area (Å²) in [5.41, 5.74) is 1.76. The number of likely N-dealkylation sites (tertiary alicyclic amines) is 1. The van der Waals surface area contributed by atoms with Gasteiger partial charge in [-0.3, -0.25) is 19.2 Å². The number of hydrogen-bond acceptors (Lipinski definition) is 8. The van der Waals surface area contributed by atoms with Gasteiger partial charge in [-0.05, 0) is 48.7 Å². The summed E-state index contributed by atoms with van der Waals surface area (Å²) in [5.74, 6) is 0.527. The van der Waals surface area contributed by atoms with Crippen molar-refractivity contribution in [3.8, 4) is 17.1 Å². The van der Waals surface area contributed by atoms with Gasteiger partial charge in [0, 0.05) is 49.0 Å². The van der Waals surface area contributed by atoms with Crippen LogP contribution in [-0.4, -0.2) is 54.7 Å². The van der Waals surface area contributed by atoms with E-state index in [-0.39, 0.29) is 17.6 Å². The van der Waals surface area contributed by atoms with Gasteiger partial charge in [0.25, 0.3) is 5.91 Å². The molecule has 1 fully saturated rings. The normalized spacial score (nSPS) is 14.5. The van der Waals surface area contributed by atoms with Crippen LogP contribution < -0.4 is 5.32 Å². The summed E-state index contributed by atoms with van der Waals surface area (Å²) < 4.78 is 42.1. The number of nitrogens with one attached hydrogen (secondary N) is 1. The number of aromatic nitrogens is 5. The first-order chi connectivity index (χ1) is 21.3. The fraction of sp³-hybridized carbons (Fsp3) is 0.258. The number of benzene rings is 2. The summed E-state index contributed by atoms with van der Waals surface area (Å²) in [5, 5.41) is 14.5. The molecular formula is C31H28F3N7OS2. The molecule has 6 rings (SSSR count). The van der Waals surface area contributed by atoms with Gasteiger partial charge in [-0.25, -0.2) is 4.98 Å². The molecule has 1 aliphatic heterocycles. The van der Waals surface area contributed by atoms with Gasteiger partial charge in [-0.15, -0.1) is 21.5 Å². The van der Waals surface area contributed by atoms with E-state index in [4.69, 9.17) is 0 Å². The van der Waals surface area contributed by atoms with E-state index in [2.05, 4.69) is 42.5 Å². The van der Waals surface area contributed by atoms with Crippen molar-refractivity contribution in [3.63, 3.8) is 0 Å². The third-order valence-corrected chi connectivity index (χ3v) is 9.24. The van der Waals surface area contributed by atoms with E-state index in [0.717, 1.165) is 44.6 Å². The Balaban J connectivity index is 1.11. The average molecular weight is 636 g/mol. The molecule has 3 aromatic heterocycles. The molecule has 8 nitrogen and oxygen atoms in total. The largest absolute Gasteiger partial charge is 0.416 e. The molecule has 0 aliphatic carbocycles. The van der Waals surface area contributed by atoms with E-state index in [1.165, 1.54) is 34.7 Å². The molecule has 0 atom stereocenters. The zero-order valence-corrected chi connectivity index (χ0v) is 25.1. The second-order valence-electron chi connectivity index (χ2n) is 10.4. The van der Waals surface area contributed by atoms with Crippen molar-refractivity contribution in [2.45, 2.75) is 42.5 Å². The first-order valence-electron chi connectivity index (χ1n) is 14.0. The van der Waals surface area contributed by atoms with Crippen molar-refractivity contribution in [1.82, 2.24) is 34.9 Å². The zero-order chi connectivity index (χ0) is 30.5. The Morgan fingerprint density at radius 3 is 2.59 bits per heavy atom. The number of amides is 1. The molecule has 13 heteroatoms. The molecule has 1 N–H and O–H groups in total. The van der Waals surface area contributed by atoms with Crippen molar-refractivity contribution in [2.24, 2.45) is 0 Å². The van der Waals surface area contributed by atoms with Crippen molar-refractivity contribution in [2.75, 3.05) is 13.1 Å². The highest BCUT2D eigenvalue weighted by Crippen LogP contribution is 2.34. The van der Waals surface area contributed by atoms with Gasteiger partial charge in [0.05, 0.1) is 17.0 Å². The number of carbonyl (C=O) groups is 1. The van der Waals surface area contributed by atoms with Crippen LogP contribution in [0.25, 0.3) is 17.1 Å². The number of thiazole rings is 1. The summed E-state index contributed by atoms with van der Waals surface area (Å²) in [6.07, 6.45) is 0.436. The fourth-order valence-electron chi connectivity index (χ4n) is 5.04. The maximum atomic E-state index is 13.5. The monoisotopic (exact) mass is 635 g/mol. The van der Waals surface area contributed by atoms with Crippen LogP contribution in [0.1, 0.15) is 39.5 Å². The number of halogens is 3. The SMILES string of the molecule is O=C(NC1CCN(Cc2ccccc2)CC1)c1csc(CSc2nnc(-c3cccnc3)n2-c2cccc(C(F)(F)F)c2)n1. The number of rotatable bonds is 9. The summed E-state index contributed by atoms with van der Waals surface area (Å²) >= 11 is 2.64. The second kappa shape index (κ2) is 13.3. The molecule has 0 saturated carbocycles. The standard InChI is InChI=1S/C31H28F3N7OS2/c32-31(33,34)23-9-4-10-25(16-23)41-28(22-8-5-13-35-17-22)38-39-30(41)44-20-27-37-26(19-43-27)29(42)36-24-11-14-40(15-12-24)18-21-6-2-1-3-7-21/h1-10,13,16-17,19,24H,11-12,14-15,18,20H2,(H,36,42). The smallest absolute Gasteiger partial charge is 0.348 e. The number of hydrogen-bond donors (Lipinski definition) is 1. The molecule has 44 heavy (non-hydrogen) atoms. The van der Waals surface area contributed by atoms with Crippen LogP contribution in [0, 0.1) is 0 Å². The Morgan fingerprint density at radius 1 is 1.02 bits per heavy atom. The second-order valence-corrected chi connectivity index (χ2v) is 12.2. The van der Waals surface area contributed by atoms with E-state index >= 15 is 0 Å². The first kappa shape index (κ1) is 30.0. The van der Waals surface area contributed by atoms with Crippen LogP contribution in [0.5, 0.6) is 0 Å². The van der Waals surface area contributed by atoms with Gasteiger partial charge >= 0.3 is 6.18 Å². The van der Waals surface area contributed by atoms with Gasteiger partial charge in [0.15, 0.2) is 11.0 Å². The zero-order valence-electron chi connectivity index (χ0n) is 23.4. The molecule has 2 aromatic carbocycles. The number of carbonyl (C=O) groups excluding carboxylic acids is 1. The Bertz CT molecular complexity index is 1700. The summed E-state index contributed by atoms with van der Waals surface area (Å²) in [7, 11) is 0. The molecule has 0 bridgehead atoms. The van der Waals surface area contributed by atoms with E-state index in [1.807, 2.05) is 18.2 Å². The summed E-state index contributed by atoms with van der Waals surface area (Å²) in [6, 6.07) is 19.0. The minimum absolute atomic E-state index is 0.0889. The van der Waals surface area contributed by atoms with E-state index in [9.17, 15) is 18.0 Å². The predicted octanol–water partition coefficient (Wildman–Crippen LogP) is 6.49. The molecular weight excluding hydrogens is 608 g/mol. The molecule has 226 valence electrons. The van der Waals surface area contributed by atoms with Gasteiger partial charge < -0.3 is 5.32 Å². The molecule has 1 saturated heterocycles. The molecule has 0 radical (unpaired) electrons. The lowest BCUT2D eigenvalue weighted by molar-refractivity contribution is -0.137. The van der Waals surface area contributed by atoms with Crippen LogP contribution in [0.2, 0.25) is 0 Å². The fourth-order valence-corrected chi connectivity index (χ4v) is 6.79.